The van der Waals surface area contributed by atoms with Gasteiger partial charge in [-0.05, 0) is 37.3 Å². The summed E-state index contributed by atoms with van der Waals surface area (Å²) in [4.78, 5) is 3.13. The van der Waals surface area contributed by atoms with Crippen LogP contribution in [-0.2, 0) is 6.54 Å². The first-order valence-electron chi connectivity index (χ1n) is 6.69. The number of likely N-dealkylation sites (tertiary alicyclic amines) is 1. The number of aromatic nitrogens is 1. The Morgan fingerprint density at radius 2 is 2.00 bits per heavy atom. The molecule has 2 atom stereocenters. The molecule has 2 nitrogen and oxygen atoms in total. The zero-order chi connectivity index (χ0) is 12.5. The third kappa shape index (κ3) is 2.21. The number of fused-ring (bicyclic) bond motifs is 1. The van der Waals surface area contributed by atoms with Crippen molar-refractivity contribution in [2.75, 3.05) is 6.54 Å². The minimum absolute atomic E-state index is 0.564. The summed E-state index contributed by atoms with van der Waals surface area (Å²) in [5, 5.41) is 1.34. The van der Waals surface area contributed by atoms with Gasteiger partial charge in [0.15, 0.2) is 0 Å². The second-order valence-corrected chi connectivity index (χ2v) is 6.22. The fourth-order valence-electron chi connectivity index (χ4n) is 2.91. The highest BCUT2D eigenvalue weighted by Gasteiger charge is 2.27. The second kappa shape index (κ2) is 5.06. The fourth-order valence-corrected chi connectivity index (χ4v) is 3.78. The molecular formula is C15H19BrN2. The van der Waals surface area contributed by atoms with Gasteiger partial charge in [0.05, 0.1) is 4.95 Å². The summed E-state index contributed by atoms with van der Waals surface area (Å²) >= 11 is 3.78. The second-order valence-electron chi connectivity index (χ2n) is 5.17. The number of hydrogen-bond acceptors (Lipinski definition) is 1. The Labute approximate surface area is 117 Å². The van der Waals surface area contributed by atoms with Gasteiger partial charge in [-0.3, -0.25) is 4.90 Å². The van der Waals surface area contributed by atoms with Gasteiger partial charge in [-0.1, -0.05) is 34.1 Å². The smallest absolute Gasteiger partial charge is 0.0659 e. The van der Waals surface area contributed by atoms with Gasteiger partial charge >= 0.3 is 0 Å². The third-order valence-corrected chi connectivity index (χ3v) is 5.01. The van der Waals surface area contributed by atoms with Crippen molar-refractivity contribution in [1.29, 1.82) is 0 Å². The molecule has 0 saturated carbocycles. The largest absolute Gasteiger partial charge is 0.346 e. The summed E-state index contributed by atoms with van der Waals surface area (Å²) in [6, 6.07) is 11.5. The van der Waals surface area contributed by atoms with E-state index in [9.17, 15) is 0 Å². The number of halogens is 1. The van der Waals surface area contributed by atoms with E-state index >= 15 is 0 Å². The molecule has 1 aliphatic heterocycles. The Hall–Kier alpha value is -0.800. The van der Waals surface area contributed by atoms with Crippen molar-refractivity contribution in [2.45, 2.75) is 37.3 Å². The summed E-state index contributed by atoms with van der Waals surface area (Å²) in [7, 11) is 0. The van der Waals surface area contributed by atoms with Gasteiger partial charge in [0.1, 0.15) is 0 Å². The van der Waals surface area contributed by atoms with Crippen LogP contribution in [-0.4, -0.2) is 27.0 Å². The Morgan fingerprint density at radius 1 is 1.17 bits per heavy atom. The van der Waals surface area contributed by atoms with Gasteiger partial charge in [-0.2, -0.15) is 0 Å². The van der Waals surface area contributed by atoms with Crippen LogP contribution in [0.25, 0.3) is 10.9 Å². The molecule has 1 aromatic carbocycles. The van der Waals surface area contributed by atoms with E-state index in [0.717, 1.165) is 13.1 Å². The minimum atomic E-state index is 0.564. The van der Waals surface area contributed by atoms with E-state index in [1.54, 1.807) is 0 Å². The molecule has 0 radical (unpaired) electrons. The van der Waals surface area contributed by atoms with Crippen molar-refractivity contribution in [3.63, 3.8) is 0 Å². The highest BCUT2D eigenvalue weighted by atomic mass is 79.9. The maximum atomic E-state index is 3.78. The first-order chi connectivity index (χ1) is 8.75. The van der Waals surface area contributed by atoms with Gasteiger partial charge in [0.25, 0.3) is 0 Å². The average molecular weight is 307 g/mol. The zero-order valence-electron chi connectivity index (χ0n) is 10.7. The van der Waals surface area contributed by atoms with Gasteiger partial charge in [0.2, 0.25) is 0 Å². The predicted molar refractivity (Wildman–Crippen MR) is 80.1 cm³/mol. The molecule has 3 rings (SSSR count). The lowest BCUT2D eigenvalue weighted by Gasteiger charge is -2.25. The van der Waals surface area contributed by atoms with E-state index in [2.05, 4.69) is 68.8 Å². The molecule has 1 aliphatic rings. The Morgan fingerprint density at radius 3 is 2.78 bits per heavy atom. The molecule has 0 N–H and O–H groups in total. The van der Waals surface area contributed by atoms with Crippen molar-refractivity contribution in [3.8, 4) is 0 Å². The lowest BCUT2D eigenvalue weighted by Crippen LogP contribution is -2.33. The summed E-state index contributed by atoms with van der Waals surface area (Å²) in [6.45, 7) is 4.52. The molecular weight excluding hydrogens is 288 g/mol. The SMILES string of the molecule is C[C@@H]1CCC(Br)N1CCn1ccc2ccccc21. The Balaban J connectivity index is 1.73. The van der Waals surface area contributed by atoms with Crippen LogP contribution in [0.15, 0.2) is 36.5 Å². The molecule has 0 bridgehead atoms. The van der Waals surface area contributed by atoms with E-state index in [1.165, 1.54) is 23.7 Å². The van der Waals surface area contributed by atoms with Gasteiger partial charge < -0.3 is 4.57 Å². The highest BCUT2D eigenvalue weighted by molar-refractivity contribution is 9.09. The molecule has 2 heterocycles. The van der Waals surface area contributed by atoms with Crippen LogP contribution in [0.3, 0.4) is 0 Å². The molecule has 0 amide bonds. The number of nitrogens with zero attached hydrogens (tertiary/aromatic N) is 2. The summed E-state index contributed by atoms with van der Waals surface area (Å²) in [5.41, 5.74) is 1.34. The summed E-state index contributed by atoms with van der Waals surface area (Å²) in [5.74, 6) is 0. The lowest BCUT2D eigenvalue weighted by atomic mass is 10.2. The quantitative estimate of drug-likeness (QED) is 0.618. The molecule has 1 fully saturated rings. The van der Waals surface area contributed by atoms with Gasteiger partial charge in [-0.25, -0.2) is 0 Å². The van der Waals surface area contributed by atoms with E-state index in [1.807, 2.05) is 0 Å². The number of rotatable bonds is 3. The molecule has 18 heavy (non-hydrogen) atoms. The average Bonchev–Trinajstić information content (AvgIpc) is 2.93. The van der Waals surface area contributed by atoms with Crippen molar-refractivity contribution in [1.82, 2.24) is 9.47 Å². The summed E-state index contributed by atoms with van der Waals surface area (Å²) < 4.78 is 2.36. The first kappa shape index (κ1) is 12.2. The van der Waals surface area contributed by atoms with Crippen molar-refractivity contribution in [3.05, 3.63) is 36.5 Å². The van der Waals surface area contributed by atoms with Gasteiger partial charge in [-0.15, -0.1) is 0 Å². The van der Waals surface area contributed by atoms with Crippen LogP contribution in [0, 0.1) is 0 Å². The van der Waals surface area contributed by atoms with E-state index in [-0.39, 0.29) is 0 Å². The van der Waals surface area contributed by atoms with Crippen molar-refractivity contribution < 1.29 is 0 Å². The molecule has 3 heteroatoms. The normalized spacial score (nSPS) is 25.0. The molecule has 2 aromatic rings. The van der Waals surface area contributed by atoms with E-state index < -0.39 is 0 Å². The monoisotopic (exact) mass is 306 g/mol. The minimum Gasteiger partial charge on any atom is -0.346 e. The predicted octanol–water partition coefficient (Wildman–Crippen LogP) is 3.85. The van der Waals surface area contributed by atoms with Crippen LogP contribution in [0.4, 0.5) is 0 Å². The molecule has 0 aliphatic carbocycles. The number of para-hydroxylation sites is 1. The van der Waals surface area contributed by atoms with Crippen molar-refractivity contribution >= 4 is 26.8 Å². The van der Waals surface area contributed by atoms with Crippen LogP contribution < -0.4 is 0 Å². The van der Waals surface area contributed by atoms with Crippen LogP contribution in [0.1, 0.15) is 19.8 Å². The van der Waals surface area contributed by atoms with Crippen molar-refractivity contribution in [2.24, 2.45) is 0 Å². The molecule has 1 saturated heterocycles. The van der Waals surface area contributed by atoms with Gasteiger partial charge in [0, 0.05) is 30.8 Å². The number of alkyl halides is 1. The molecule has 0 spiro atoms. The van der Waals surface area contributed by atoms with E-state index in [0.29, 0.717) is 11.0 Å². The molecule has 1 unspecified atom stereocenters. The first-order valence-corrected chi connectivity index (χ1v) is 7.61. The highest BCUT2D eigenvalue weighted by Crippen LogP contribution is 2.27. The fraction of sp³-hybridized carbons (Fsp3) is 0.467. The Bertz CT molecular complexity index is 524. The maximum absolute atomic E-state index is 3.78. The number of hydrogen-bond donors (Lipinski definition) is 0. The summed E-state index contributed by atoms with van der Waals surface area (Å²) in [6.07, 6.45) is 4.78. The zero-order valence-corrected chi connectivity index (χ0v) is 12.3. The van der Waals surface area contributed by atoms with Crippen LogP contribution >= 0.6 is 15.9 Å². The Kier molecular flexibility index (Phi) is 3.44. The van der Waals surface area contributed by atoms with Crippen LogP contribution in [0.2, 0.25) is 0 Å². The van der Waals surface area contributed by atoms with E-state index in [4.69, 9.17) is 0 Å². The topological polar surface area (TPSA) is 8.17 Å². The standard InChI is InChI=1S/C15H19BrN2/c1-12-6-7-15(16)18(12)11-10-17-9-8-13-4-2-3-5-14(13)17/h2-5,8-9,12,15H,6-7,10-11H2,1H3/t12-,15?/m1/s1. The third-order valence-electron chi connectivity index (χ3n) is 4.03. The number of benzene rings is 1. The molecule has 96 valence electrons. The van der Waals surface area contributed by atoms with Crippen LogP contribution in [0.5, 0.6) is 0 Å². The molecule has 1 aromatic heterocycles. The lowest BCUT2D eigenvalue weighted by molar-refractivity contribution is 0.246. The maximum Gasteiger partial charge on any atom is 0.0659 e.